The predicted molar refractivity (Wildman–Crippen MR) is 76.5 cm³/mol. The summed E-state index contributed by atoms with van der Waals surface area (Å²) in [5, 5.41) is 24.9. The molecule has 0 saturated carbocycles. The second-order valence-corrected chi connectivity index (χ2v) is 5.92. The molecule has 8 heteroatoms. The molecule has 1 aromatic heterocycles. The van der Waals surface area contributed by atoms with E-state index in [0.717, 1.165) is 0 Å². The average Bonchev–Trinajstić information content (AvgIpc) is 2.89. The summed E-state index contributed by atoms with van der Waals surface area (Å²) in [6, 6.07) is 0. The lowest BCUT2D eigenvalue weighted by molar-refractivity contribution is -0.385. The Hall–Kier alpha value is -2.12. The number of aryl methyl sites for hydroxylation is 1. The number of hydrogen-bond acceptors (Lipinski definition) is 5. The lowest BCUT2D eigenvalue weighted by Crippen LogP contribution is -2.25. The molecule has 116 valence electrons. The SMILES string of the molecule is CC(C)c1nn(C)c(N2C[C@@H](C)[C@H](C(=O)O)C2)c1[N+](=O)[O-]. The summed E-state index contributed by atoms with van der Waals surface area (Å²) in [4.78, 5) is 24.0. The molecule has 0 aliphatic carbocycles. The van der Waals surface area contributed by atoms with Gasteiger partial charge in [-0.1, -0.05) is 20.8 Å². The van der Waals surface area contributed by atoms with Gasteiger partial charge < -0.3 is 10.0 Å². The van der Waals surface area contributed by atoms with Crippen molar-refractivity contribution in [1.82, 2.24) is 9.78 Å². The van der Waals surface area contributed by atoms with Gasteiger partial charge in [0, 0.05) is 26.1 Å². The quantitative estimate of drug-likeness (QED) is 0.669. The van der Waals surface area contributed by atoms with Gasteiger partial charge in [0.2, 0.25) is 5.82 Å². The van der Waals surface area contributed by atoms with Crippen molar-refractivity contribution in [3.05, 3.63) is 15.8 Å². The second-order valence-electron chi connectivity index (χ2n) is 5.92. The number of aromatic nitrogens is 2. The first-order valence-electron chi connectivity index (χ1n) is 6.93. The highest BCUT2D eigenvalue weighted by Crippen LogP contribution is 2.38. The van der Waals surface area contributed by atoms with E-state index in [4.69, 9.17) is 0 Å². The normalized spacial score (nSPS) is 22.0. The van der Waals surface area contributed by atoms with Gasteiger partial charge in [0.25, 0.3) is 0 Å². The fourth-order valence-electron chi connectivity index (χ4n) is 2.90. The Morgan fingerprint density at radius 2 is 2.10 bits per heavy atom. The topological polar surface area (TPSA) is 102 Å². The van der Waals surface area contributed by atoms with Crippen LogP contribution in [-0.2, 0) is 11.8 Å². The number of carbonyl (C=O) groups is 1. The van der Waals surface area contributed by atoms with Gasteiger partial charge in [-0.25, -0.2) is 4.68 Å². The van der Waals surface area contributed by atoms with Crippen LogP contribution < -0.4 is 4.90 Å². The standard InChI is InChI=1S/C13H20N4O4/c1-7(2)10-11(17(20)21)12(15(4)14-10)16-5-8(3)9(6-16)13(18)19/h7-9H,5-6H2,1-4H3,(H,18,19)/t8-,9-/m1/s1. The number of carboxylic acids is 1. The van der Waals surface area contributed by atoms with Gasteiger partial charge in [0.1, 0.15) is 5.69 Å². The van der Waals surface area contributed by atoms with E-state index in [-0.39, 0.29) is 24.1 Å². The molecule has 21 heavy (non-hydrogen) atoms. The molecule has 0 bridgehead atoms. The Kier molecular flexibility index (Phi) is 3.89. The number of aliphatic carboxylic acids is 1. The number of nitro groups is 1. The van der Waals surface area contributed by atoms with Crippen molar-refractivity contribution >= 4 is 17.5 Å². The van der Waals surface area contributed by atoms with Gasteiger partial charge in [-0.3, -0.25) is 14.9 Å². The molecule has 2 atom stereocenters. The maximum atomic E-state index is 11.4. The first-order valence-corrected chi connectivity index (χ1v) is 6.93. The van der Waals surface area contributed by atoms with E-state index in [1.165, 1.54) is 4.68 Å². The largest absolute Gasteiger partial charge is 0.481 e. The highest BCUT2D eigenvalue weighted by molar-refractivity contribution is 5.73. The molecule has 1 N–H and O–H groups in total. The third kappa shape index (κ3) is 2.57. The maximum absolute atomic E-state index is 11.4. The van der Waals surface area contributed by atoms with Crippen LogP contribution in [0.3, 0.4) is 0 Å². The van der Waals surface area contributed by atoms with E-state index < -0.39 is 16.8 Å². The monoisotopic (exact) mass is 296 g/mol. The van der Waals surface area contributed by atoms with Crippen molar-refractivity contribution < 1.29 is 14.8 Å². The van der Waals surface area contributed by atoms with Crippen LogP contribution >= 0.6 is 0 Å². The number of carboxylic acid groups (broad SMARTS) is 1. The summed E-state index contributed by atoms with van der Waals surface area (Å²) < 4.78 is 1.49. The number of rotatable bonds is 4. The molecular weight excluding hydrogens is 276 g/mol. The molecule has 2 rings (SSSR count). The lowest BCUT2D eigenvalue weighted by atomic mass is 9.99. The van der Waals surface area contributed by atoms with E-state index in [0.29, 0.717) is 18.1 Å². The molecule has 1 fully saturated rings. The zero-order chi connectivity index (χ0) is 15.9. The van der Waals surface area contributed by atoms with Crippen molar-refractivity contribution in [1.29, 1.82) is 0 Å². The van der Waals surface area contributed by atoms with Crippen molar-refractivity contribution in [2.45, 2.75) is 26.7 Å². The molecule has 0 aromatic carbocycles. The predicted octanol–water partition coefficient (Wildman–Crippen LogP) is 1.61. The molecule has 8 nitrogen and oxygen atoms in total. The van der Waals surface area contributed by atoms with Crippen LogP contribution in [0.2, 0.25) is 0 Å². The zero-order valence-corrected chi connectivity index (χ0v) is 12.6. The van der Waals surface area contributed by atoms with E-state index in [2.05, 4.69) is 5.10 Å². The van der Waals surface area contributed by atoms with Crippen molar-refractivity contribution in [3.63, 3.8) is 0 Å². The molecule has 1 aliphatic rings. The Balaban J connectivity index is 2.45. The molecule has 1 aromatic rings. The van der Waals surface area contributed by atoms with Gasteiger partial charge >= 0.3 is 11.7 Å². The van der Waals surface area contributed by atoms with Crippen LogP contribution in [-0.4, -0.2) is 38.9 Å². The minimum atomic E-state index is -0.862. The summed E-state index contributed by atoms with van der Waals surface area (Å²) in [6.07, 6.45) is 0. The molecule has 0 unspecified atom stereocenters. The Morgan fingerprint density at radius 3 is 2.52 bits per heavy atom. The van der Waals surface area contributed by atoms with Gasteiger partial charge in [0.15, 0.2) is 0 Å². The molecule has 0 spiro atoms. The number of anilines is 1. The molecule has 0 amide bonds. The van der Waals surface area contributed by atoms with Crippen LogP contribution in [0.15, 0.2) is 0 Å². The molecule has 1 saturated heterocycles. The van der Waals surface area contributed by atoms with Crippen molar-refractivity contribution in [2.24, 2.45) is 18.9 Å². The third-order valence-corrected chi connectivity index (χ3v) is 3.98. The second kappa shape index (κ2) is 5.34. The third-order valence-electron chi connectivity index (χ3n) is 3.98. The Bertz CT molecular complexity index is 581. The Labute approximate surface area is 122 Å². The first kappa shape index (κ1) is 15.3. The molecule has 0 radical (unpaired) electrons. The number of hydrogen-bond donors (Lipinski definition) is 1. The summed E-state index contributed by atoms with van der Waals surface area (Å²) in [7, 11) is 1.66. The van der Waals surface area contributed by atoms with E-state index in [1.807, 2.05) is 20.8 Å². The highest BCUT2D eigenvalue weighted by atomic mass is 16.6. The maximum Gasteiger partial charge on any atom is 0.334 e. The fraction of sp³-hybridized carbons (Fsp3) is 0.692. The van der Waals surface area contributed by atoms with Crippen LogP contribution in [0.4, 0.5) is 11.5 Å². The van der Waals surface area contributed by atoms with Crippen LogP contribution in [0.25, 0.3) is 0 Å². The summed E-state index contributed by atoms with van der Waals surface area (Å²) in [6.45, 7) is 6.31. The summed E-state index contributed by atoms with van der Waals surface area (Å²) >= 11 is 0. The minimum absolute atomic E-state index is 0.00858. The smallest absolute Gasteiger partial charge is 0.334 e. The fourth-order valence-corrected chi connectivity index (χ4v) is 2.90. The van der Waals surface area contributed by atoms with Crippen LogP contribution in [0.5, 0.6) is 0 Å². The zero-order valence-electron chi connectivity index (χ0n) is 12.6. The average molecular weight is 296 g/mol. The van der Waals surface area contributed by atoms with E-state index in [1.54, 1.807) is 11.9 Å². The summed E-state index contributed by atoms with van der Waals surface area (Å²) in [5.41, 5.74) is 0.426. The lowest BCUT2D eigenvalue weighted by Gasteiger charge is -2.17. The molecular formula is C13H20N4O4. The van der Waals surface area contributed by atoms with Gasteiger partial charge in [-0.15, -0.1) is 0 Å². The van der Waals surface area contributed by atoms with E-state index >= 15 is 0 Å². The minimum Gasteiger partial charge on any atom is -0.481 e. The molecule has 1 aliphatic heterocycles. The molecule has 2 heterocycles. The van der Waals surface area contributed by atoms with Gasteiger partial charge in [-0.2, -0.15) is 5.10 Å². The summed E-state index contributed by atoms with van der Waals surface area (Å²) in [5.74, 6) is -1.10. The van der Waals surface area contributed by atoms with Gasteiger partial charge in [0.05, 0.1) is 10.8 Å². The first-order chi connectivity index (χ1) is 9.73. The van der Waals surface area contributed by atoms with Gasteiger partial charge in [-0.05, 0) is 5.92 Å². The van der Waals surface area contributed by atoms with Crippen molar-refractivity contribution in [2.75, 3.05) is 18.0 Å². The highest BCUT2D eigenvalue weighted by Gasteiger charge is 2.40. The number of nitrogens with zero attached hydrogens (tertiary/aromatic N) is 4. The van der Waals surface area contributed by atoms with Crippen LogP contribution in [0, 0.1) is 22.0 Å². The van der Waals surface area contributed by atoms with E-state index in [9.17, 15) is 20.0 Å². The Morgan fingerprint density at radius 1 is 1.48 bits per heavy atom. The van der Waals surface area contributed by atoms with Crippen molar-refractivity contribution in [3.8, 4) is 0 Å². The van der Waals surface area contributed by atoms with Crippen LogP contribution in [0.1, 0.15) is 32.4 Å².